The topological polar surface area (TPSA) is 377 Å². The highest BCUT2D eigenvalue weighted by Crippen LogP contribution is 2.47. The number of carbonyl (C=O) groups is 5. The van der Waals surface area contributed by atoms with E-state index in [1.54, 1.807) is 35.6 Å². The first kappa shape index (κ1) is 100. The Labute approximate surface area is 835 Å². The molecule has 30 nitrogen and oxygen atoms in total. The second-order valence-electron chi connectivity index (χ2n) is 37.0. The fourth-order valence-corrected chi connectivity index (χ4v) is 20.4. The highest BCUT2D eigenvalue weighted by molar-refractivity contribution is 6.30. The van der Waals surface area contributed by atoms with Crippen LogP contribution in [0.1, 0.15) is 215 Å². The number of benzene rings is 10. The lowest BCUT2D eigenvalue weighted by molar-refractivity contribution is 0.0638. The third-order valence-electron chi connectivity index (χ3n) is 27.1. The molecular formula is C113H110ClN15O15. The number of halogens is 1. The summed E-state index contributed by atoms with van der Waals surface area (Å²) in [6.07, 6.45) is 5.36. The summed E-state index contributed by atoms with van der Waals surface area (Å²) < 4.78 is 7.58. The average Bonchev–Trinajstić information content (AvgIpc) is 0.767. The molecule has 15 aromatic rings. The lowest BCUT2D eigenvalue weighted by atomic mass is 9.82. The monoisotopic (exact) mass is 1950 g/mol. The first-order valence-corrected chi connectivity index (χ1v) is 47.8. The molecule has 5 N–H and O–H groups in total. The van der Waals surface area contributed by atoms with Crippen LogP contribution in [0.2, 0.25) is 5.02 Å². The van der Waals surface area contributed by atoms with Crippen molar-refractivity contribution >= 4 is 41.1 Å². The third kappa shape index (κ3) is 20.6. The van der Waals surface area contributed by atoms with Crippen LogP contribution in [0.15, 0.2) is 316 Å². The maximum Gasteiger partial charge on any atom is 0.276 e. The maximum absolute atomic E-state index is 12.9. The average molecular weight is 1950 g/mol. The number of nitrogens with zero attached hydrogens (tertiary/aromatic N) is 15. The van der Waals surface area contributed by atoms with Gasteiger partial charge in [-0.15, -0.1) is 0 Å². The van der Waals surface area contributed by atoms with Crippen LogP contribution in [0.3, 0.4) is 0 Å². The molecule has 9 unspecified atom stereocenters. The van der Waals surface area contributed by atoms with Crippen LogP contribution in [-0.4, -0.2) is 195 Å². The summed E-state index contributed by atoms with van der Waals surface area (Å²) in [5.74, 6) is -5.36. The van der Waals surface area contributed by atoms with Crippen molar-refractivity contribution in [1.82, 2.24) is 73.4 Å². The Morgan fingerprint density at radius 2 is 0.465 bits per heavy atom. The number of hydrogen-bond donors (Lipinski definition) is 5. The van der Waals surface area contributed by atoms with Gasteiger partial charge in [-0.3, -0.25) is 71.4 Å². The van der Waals surface area contributed by atoms with Crippen molar-refractivity contribution in [1.29, 1.82) is 0 Å². The van der Waals surface area contributed by atoms with Gasteiger partial charge in [-0.05, 0) is 123 Å². The molecule has 0 spiro atoms. The summed E-state index contributed by atoms with van der Waals surface area (Å²) in [6.45, 7) is 19.0. The minimum Gasteiger partial charge on any atom is -0.502 e. The van der Waals surface area contributed by atoms with E-state index in [2.05, 4.69) is 142 Å². The van der Waals surface area contributed by atoms with Crippen molar-refractivity contribution < 1.29 is 49.5 Å². The van der Waals surface area contributed by atoms with Gasteiger partial charge >= 0.3 is 0 Å². The number of carbonyl (C=O) groups excluding carboxylic acids is 5. The van der Waals surface area contributed by atoms with Gasteiger partial charge in [-0.25, -0.2) is 0 Å². The van der Waals surface area contributed by atoms with Gasteiger partial charge in [0.25, 0.3) is 29.5 Å². The van der Waals surface area contributed by atoms with Crippen LogP contribution >= 0.6 is 11.6 Å². The Balaban J connectivity index is 0.000000129. The molecular weight excluding hydrogens is 1840 g/mol. The molecule has 5 aliphatic rings. The van der Waals surface area contributed by atoms with Gasteiger partial charge in [0.15, 0.2) is 57.2 Å². The Kier molecular flexibility index (Phi) is 30.0. The van der Waals surface area contributed by atoms with Crippen LogP contribution in [0.25, 0.3) is 0 Å². The SMILES string of the molecule is CCN1CC(C(c2cccc(C)c2)c2cccc(C)c2)n2ncc(=O)c(O)c2C1=O.CCN1CC(C(c2ccccc2)c2cccc(C)c2)n2ncc(=O)c(O)c2C1=O.Cc1ccc(C(c2ccccc2)C2CN(C)C(=O)c3c(O)c(=O)cnn32)cc1.Cc1cccc(C(c2cccc(Cl)c2)C2CN(C)C(=O)c3c(O)c(=O)cnn32)c1.Cc1cccc(C(c2ccccc2)C2CN(C)C(=O)c3c(O)c(=O)cnn32)c1. The minimum absolute atomic E-state index is 0.0362. The second kappa shape index (κ2) is 43.1. The van der Waals surface area contributed by atoms with Gasteiger partial charge < -0.3 is 50.0 Å². The fourth-order valence-electron chi connectivity index (χ4n) is 20.2. The Bertz CT molecular complexity index is 7600. The molecule has 5 amide bonds. The van der Waals surface area contributed by atoms with Crippen LogP contribution < -0.4 is 27.1 Å². The van der Waals surface area contributed by atoms with E-state index in [9.17, 15) is 73.5 Å². The van der Waals surface area contributed by atoms with Crippen molar-refractivity contribution in [2.75, 3.05) is 67.0 Å². The van der Waals surface area contributed by atoms with Crippen LogP contribution in [0.4, 0.5) is 0 Å². The molecule has 0 saturated heterocycles. The van der Waals surface area contributed by atoms with Crippen molar-refractivity contribution in [3.63, 3.8) is 0 Å². The Morgan fingerprint density at radius 3 is 0.708 bits per heavy atom. The molecule has 31 heteroatoms. The predicted molar refractivity (Wildman–Crippen MR) is 547 cm³/mol. The van der Waals surface area contributed by atoms with E-state index in [-0.39, 0.29) is 100 Å². The van der Waals surface area contributed by atoms with Gasteiger partial charge in [-0.2, -0.15) is 25.5 Å². The number of fused-ring (bicyclic) bond motifs is 5. The zero-order valence-electron chi connectivity index (χ0n) is 81.3. The van der Waals surface area contributed by atoms with Gasteiger partial charge in [-0.1, -0.05) is 294 Å². The molecule has 10 aromatic carbocycles. The molecule has 20 rings (SSSR count). The highest BCUT2D eigenvalue weighted by atomic mass is 35.5. The minimum atomic E-state index is -0.673. The molecule has 9 atom stereocenters. The summed E-state index contributed by atoms with van der Waals surface area (Å²) in [5.41, 5.74) is 14.0. The van der Waals surface area contributed by atoms with E-state index in [0.717, 1.165) is 120 Å². The molecule has 0 aliphatic carbocycles. The van der Waals surface area contributed by atoms with E-state index in [1.807, 2.05) is 199 Å². The standard InChI is InChI=1S/C24H25N3O3.C23H23N3O3.C22H20ClN3O3.2C22H21N3O3/c1-4-26-14-19(27-22(24(26)30)23(29)20(28)13-25-27)21(17-9-5-7-15(2)11-17)18-10-6-8-16(3)12-18;1-3-25-14-18(26-21(23(25)29)22(28)19(27)13-24-26)20(16-9-5-4-6-10-16)17-11-7-8-15(2)12-17;1-13-5-3-6-14(9-13)19(15-7-4-8-16(23)10-15)17-12-25(2)22(29)20-21(28)18(27)11-24-26(17)20;1-14-7-6-10-16(11-14)19(15-8-4-3-5-9-15)17-13-24(2)22(28)20-21(27)18(26)12-23-25(17)20;1-14-8-10-16(11-9-14)19(15-6-4-3-5-7-15)17-13-24(2)22(28)20-21(27)18(26)12-23-25(17)20/h5-13,19,21,29H,4,14H2,1-3H3;4-13,18,20,28H,3,14H2,1-2H3;3-11,17,19,28H,12H2,1-2H3;2*3-12,17,19,27H,13H2,1-2H3. The zero-order valence-corrected chi connectivity index (χ0v) is 82.1. The molecule has 0 bridgehead atoms. The molecule has 0 saturated carbocycles. The van der Waals surface area contributed by atoms with E-state index in [1.165, 1.54) is 33.4 Å². The van der Waals surface area contributed by atoms with E-state index < -0.39 is 73.6 Å². The number of amides is 5. The smallest absolute Gasteiger partial charge is 0.276 e. The van der Waals surface area contributed by atoms with Crippen LogP contribution in [0, 0.1) is 41.5 Å². The summed E-state index contributed by atoms with van der Waals surface area (Å²) in [5, 5.41) is 73.6. The lowest BCUT2D eigenvalue weighted by Crippen LogP contribution is -2.46. The van der Waals surface area contributed by atoms with Crippen molar-refractivity contribution in [3.8, 4) is 28.7 Å². The summed E-state index contributed by atoms with van der Waals surface area (Å²) >= 11 is 6.28. The van der Waals surface area contributed by atoms with Crippen molar-refractivity contribution in [2.24, 2.45) is 0 Å². The lowest BCUT2D eigenvalue weighted by Gasteiger charge is -2.39. The first-order valence-electron chi connectivity index (χ1n) is 47.4. The number of aryl methyl sites for hydroxylation is 6. The molecule has 5 aliphatic heterocycles. The number of likely N-dealkylation sites (N-methyl/N-ethyl adjacent to an activating group) is 5. The van der Waals surface area contributed by atoms with Gasteiger partial charge in [0.2, 0.25) is 27.1 Å². The highest BCUT2D eigenvalue weighted by Gasteiger charge is 2.46. The molecule has 10 heterocycles. The fraction of sp³-hybridized carbons (Fsp3) is 0.248. The molecule has 5 aromatic heterocycles. The van der Waals surface area contributed by atoms with Gasteiger partial charge in [0.1, 0.15) is 0 Å². The number of aromatic hydroxyl groups is 5. The van der Waals surface area contributed by atoms with Crippen LogP contribution in [0.5, 0.6) is 28.7 Å². The quantitative estimate of drug-likeness (QED) is 0.0565. The first-order chi connectivity index (χ1) is 69.2. The predicted octanol–water partition coefficient (Wildman–Crippen LogP) is 15.3. The van der Waals surface area contributed by atoms with E-state index in [4.69, 9.17) is 11.6 Å². The van der Waals surface area contributed by atoms with E-state index in [0.29, 0.717) is 50.8 Å². The Hall–Kier alpha value is -16.8. The molecule has 734 valence electrons. The molecule has 0 radical (unpaired) electrons. The molecule has 144 heavy (non-hydrogen) atoms. The normalized spacial score (nSPS) is 17.0. The zero-order chi connectivity index (χ0) is 102. The summed E-state index contributed by atoms with van der Waals surface area (Å²) in [4.78, 5) is 131. The van der Waals surface area contributed by atoms with Gasteiger partial charge in [0, 0.05) is 102 Å². The Morgan fingerprint density at radius 1 is 0.257 bits per heavy atom. The van der Waals surface area contributed by atoms with Crippen LogP contribution in [-0.2, 0) is 0 Å². The van der Waals surface area contributed by atoms with Gasteiger partial charge in [0.05, 0.1) is 61.2 Å². The number of hydrogen-bond acceptors (Lipinski definition) is 20. The van der Waals surface area contributed by atoms with Crippen molar-refractivity contribution in [3.05, 3.63) is 465 Å². The second-order valence-corrected chi connectivity index (χ2v) is 37.4. The third-order valence-corrected chi connectivity index (χ3v) is 27.4. The number of aromatic nitrogens is 10. The molecule has 0 fully saturated rings. The largest absolute Gasteiger partial charge is 0.502 e. The maximum atomic E-state index is 12.9. The van der Waals surface area contributed by atoms with Crippen molar-refractivity contribution in [2.45, 2.75) is 115 Å². The summed E-state index contributed by atoms with van der Waals surface area (Å²) in [7, 11) is 5.00. The number of rotatable bonds is 17. The summed E-state index contributed by atoms with van der Waals surface area (Å²) in [6, 6.07) is 85.7. The van der Waals surface area contributed by atoms with E-state index >= 15 is 0 Å².